The first-order chi connectivity index (χ1) is 17.8. The van der Waals surface area contributed by atoms with Gasteiger partial charge in [-0.05, 0) is 91.2 Å². The smallest absolute Gasteiger partial charge is 0.279 e. The second-order valence-corrected chi connectivity index (χ2v) is 11.0. The van der Waals surface area contributed by atoms with Crippen molar-refractivity contribution in [1.82, 2.24) is 4.41 Å². The van der Waals surface area contributed by atoms with E-state index in [0.717, 1.165) is 31.3 Å². The fraction of sp³-hybridized carbons (Fsp3) is 0.138. The molecule has 0 atom stereocenters. The molecule has 0 bridgehead atoms. The van der Waals surface area contributed by atoms with E-state index in [2.05, 4.69) is 21.0 Å². The molecule has 4 aromatic carbocycles. The lowest BCUT2D eigenvalue weighted by Gasteiger charge is -2.20. The van der Waals surface area contributed by atoms with Crippen LogP contribution in [0.25, 0.3) is 0 Å². The summed E-state index contributed by atoms with van der Waals surface area (Å²) in [5.41, 5.74) is 2.64. The molecule has 6 nitrogen and oxygen atoms in total. The third-order valence-electron chi connectivity index (χ3n) is 5.62. The molecular weight excluding hydrogens is 552 g/mol. The largest absolute Gasteiger partial charge is 0.497 e. The molecule has 0 aliphatic heterocycles. The molecule has 0 saturated carbocycles. The highest BCUT2D eigenvalue weighted by Gasteiger charge is 2.23. The number of sulfonamides is 1. The lowest BCUT2D eigenvalue weighted by molar-refractivity contribution is 0.412. The summed E-state index contributed by atoms with van der Waals surface area (Å²) in [5.74, 6) is 2.12. The summed E-state index contributed by atoms with van der Waals surface area (Å²) < 4.78 is 40.2. The van der Waals surface area contributed by atoms with Gasteiger partial charge >= 0.3 is 0 Å². The molecule has 4 rings (SSSR count). The lowest BCUT2D eigenvalue weighted by Crippen LogP contribution is -2.28. The van der Waals surface area contributed by atoms with E-state index in [9.17, 15) is 8.42 Å². The normalized spacial score (nSPS) is 11.4. The molecule has 0 unspecified atom stereocenters. The quantitative estimate of drug-likeness (QED) is 0.153. The number of ether oxygens (including phenoxy) is 2. The van der Waals surface area contributed by atoms with Crippen molar-refractivity contribution >= 4 is 32.2 Å². The summed E-state index contributed by atoms with van der Waals surface area (Å²) in [4.78, 5) is 0.187. The van der Waals surface area contributed by atoms with Crippen molar-refractivity contribution in [3.8, 4) is 17.2 Å². The molecule has 0 fully saturated rings. The summed E-state index contributed by atoms with van der Waals surface area (Å²) in [5, 5.41) is 4.40. The van der Waals surface area contributed by atoms with E-state index in [4.69, 9.17) is 9.47 Å². The number of hydrazone groups is 1. The first-order valence-corrected chi connectivity index (χ1v) is 13.9. The Labute approximate surface area is 226 Å². The van der Waals surface area contributed by atoms with Crippen LogP contribution in [0.5, 0.6) is 17.2 Å². The van der Waals surface area contributed by atoms with Gasteiger partial charge in [0, 0.05) is 4.47 Å². The van der Waals surface area contributed by atoms with Crippen LogP contribution in [-0.2, 0) is 16.4 Å². The molecule has 0 heterocycles. The van der Waals surface area contributed by atoms with Crippen molar-refractivity contribution in [2.24, 2.45) is 5.10 Å². The molecule has 0 aromatic heterocycles. The Morgan fingerprint density at radius 1 is 0.865 bits per heavy atom. The first kappa shape index (κ1) is 26.4. The minimum absolute atomic E-state index is 0.147. The van der Waals surface area contributed by atoms with Crippen molar-refractivity contribution in [1.29, 1.82) is 0 Å². The van der Waals surface area contributed by atoms with E-state index in [-0.39, 0.29) is 11.4 Å². The maximum Gasteiger partial charge on any atom is 0.279 e. The van der Waals surface area contributed by atoms with Gasteiger partial charge in [-0.1, -0.05) is 51.8 Å². The summed E-state index contributed by atoms with van der Waals surface area (Å²) in [7, 11) is -2.27. The molecule has 0 amide bonds. The van der Waals surface area contributed by atoms with Crippen LogP contribution in [0, 0.1) is 6.92 Å². The fourth-order valence-electron chi connectivity index (χ4n) is 3.54. The van der Waals surface area contributed by atoms with Crippen LogP contribution in [0.15, 0.2) is 112 Å². The van der Waals surface area contributed by atoms with Gasteiger partial charge in [-0.25, -0.2) is 0 Å². The minimum atomic E-state index is -3.87. The fourth-order valence-corrected chi connectivity index (χ4v) is 5.21. The van der Waals surface area contributed by atoms with Gasteiger partial charge in [-0.2, -0.15) is 17.9 Å². The van der Waals surface area contributed by atoms with Crippen molar-refractivity contribution in [3.63, 3.8) is 0 Å². The van der Waals surface area contributed by atoms with Crippen molar-refractivity contribution in [2.45, 2.75) is 18.2 Å². The van der Waals surface area contributed by atoms with E-state index in [1.54, 1.807) is 37.6 Å². The molecule has 0 spiro atoms. The second-order valence-electron chi connectivity index (χ2n) is 8.30. The van der Waals surface area contributed by atoms with E-state index in [1.165, 1.54) is 0 Å². The Morgan fingerprint density at radius 3 is 2.19 bits per heavy atom. The molecule has 0 aliphatic carbocycles. The Morgan fingerprint density at radius 2 is 1.51 bits per heavy atom. The van der Waals surface area contributed by atoms with E-state index >= 15 is 0 Å². The van der Waals surface area contributed by atoms with Crippen molar-refractivity contribution < 1.29 is 17.9 Å². The highest BCUT2D eigenvalue weighted by Crippen LogP contribution is 2.25. The summed E-state index contributed by atoms with van der Waals surface area (Å²) >= 11 is 3.55. The predicted molar refractivity (Wildman–Crippen MR) is 150 cm³/mol. The SMILES string of the molecule is COc1ccc(Br)c(CCN(/N=C/c2ccc(Oc3ccccc3)cc2)S(=O)(=O)c2ccc(C)cc2)c1. The standard InChI is InChI=1S/C29H27BrN2O4S/c1-22-8-15-28(16-9-22)37(33,34)32(19-18-24-20-27(35-2)14-17-29(24)30)31-21-23-10-12-26(13-11-23)36-25-6-4-3-5-7-25/h3-17,20-21H,18-19H2,1-2H3/b31-21+. The molecule has 37 heavy (non-hydrogen) atoms. The zero-order valence-corrected chi connectivity index (χ0v) is 22.9. The molecule has 0 radical (unpaired) electrons. The van der Waals surface area contributed by atoms with Gasteiger partial charge in [-0.3, -0.25) is 0 Å². The maximum absolute atomic E-state index is 13.5. The van der Waals surface area contributed by atoms with E-state index < -0.39 is 10.0 Å². The Bertz CT molecular complexity index is 1460. The number of benzene rings is 4. The topological polar surface area (TPSA) is 68.2 Å². The van der Waals surface area contributed by atoms with Gasteiger partial charge in [0.2, 0.25) is 0 Å². The molecule has 0 saturated heterocycles. The summed E-state index contributed by atoms with van der Waals surface area (Å²) in [6.07, 6.45) is 1.97. The first-order valence-electron chi connectivity index (χ1n) is 11.6. The molecule has 190 valence electrons. The van der Waals surface area contributed by atoms with Gasteiger partial charge in [-0.15, -0.1) is 0 Å². The molecule has 8 heteroatoms. The van der Waals surface area contributed by atoms with Gasteiger partial charge in [0.1, 0.15) is 17.2 Å². The van der Waals surface area contributed by atoms with Crippen LogP contribution in [0.1, 0.15) is 16.7 Å². The van der Waals surface area contributed by atoms with Gasteiger partial charge in [0.25, 0.3) is 10.0 Å². The predicted octanol–water partition coefficient (Wildman–Crippen LogP) is 6.83. The number of methoxy groups -OCH3 is 1. The number of hydrogen-bond acceptors (Lipinski definition) is 5. The Balaban J connectivity index is 1.57. The monoisotopic (exact) mass is 578 g/mol. The average Bonchev–Trinajstić information content (AvgIpc) is 2.91. The zero-order valence-electron chi connectivity index (χ0n) is 20.5. The van der Waals surface area contributed by atoms with Gasteiger partial charge in [0.15, 0.2) is 0 Å². The van der Waals surface area contributed by atoms with Crippen molar-refractivity contribution in [2.75, 3.05) is 13.7 Å². The molecular formula is C29H27BrN2O4S. The highest BCUT2D eigenvalue weighted by atomic mass is 79.9. The summed E-state index contributed by atoms with van der Waals surface area (Å²) in [6.45, 7) is 2.06. The number of rotatable bonds is 10. The Kier molecular flexibility index (Phi) is 8.63. The number of para-hydroxylation sites is 1. The van der Waals surface area contributed by atoms with Crippen LogP contribution >= 0.6 is 15.9 Å². The van der Waals surface area contributed by atoms with Crippen LogP contribution in [0.4, 0.5) is 0 Å². The summed E-state index contributed by atoms with van der Waals surface area (Å²) in [6, 6.07) is 29.2. The van der Waals surface area contributed by atoms with Crippen LogP contribution in [0.3, 0.4) is 0 Å². The third kappa shape index (κ3) is 6.99. The van der Waals surface area contributed by atoms with Crippen LogP contribution < -0.4 is 9.47 Å². The third-order valence-corrected chi connectivity index (χ3v) is 8.09. The van der Waals surface area contributed by atoms with Crippen molar-refractivity contribution in [3.05, 3.63) is 118 Å². The average molecular weight is 580 g/mol. The Hall–Kier alpha value is -3.62. The van der Waals surface area contributed by atoms with Crippen LogP contribution in [-0.4, -0.2) is 32.7 Å². The minimum Gasteiger partial charge on any atom is -0.497 e. The second kappa shape index (κ2) is 12.1. The molecule has 4 aromatic rings. The van der Waals surface area contributed by atoms with Gasteiger partial charge < -0.3 is 9.47 Å². The number of aryl methyl sites for hydroxylation is 1. The number of hydrogen-bond donors (Lipinski definition) is 0. The van der Waals surface area contributed by atoms with Crippen LogP contribution in [0.2, 0.25) is 0 Å². The number of nitrogens with zero attached hydrogens (tertiary/aromatic N) is 2. The van der Waals surface area contributed by atoms with Gasteiger partial charge in [0.05, 0.1) is 24.8 Å². The lowest BCUT2D eigenvalue weighted by atomic mass is 10.1. The molecule has 0 aliphatic rings. The van der Waals surface area contributed by atoms with E-state index in [1.807, 2.05) is 79.7 Å². The van der Waals surface area contributed by atoms with E-state index in [0.29, 0.717) is 17.9 Å². The molecule has 0 N–H and O–H groups in total. The number of halogens is 1. The zero-order chi connectivity index (χ0) is 26.3. The maximum atomic E-state index is 13.5. The highest BCUT2D eigenvalue weighted by molar-refractivity contribution is 9.10.